The van der Waals surface area contributed by atoms with Gasteiger partial charge in [0, 0.05) is 18.5 Å². The van der Waals surface area contributed by atoms with Gasteiger partial charge in [-0.1, -0.05) is 0 Å². The number of halogens is 4. The predicted molar refractivity (Wildman–Crippen MR) is 60.1 cm³/mol. The molecule has 0 saturated heterocycles. The molecule has 0 bridgehead atoms. The molecule has 0 aromatic carbocycles. The van der Waals surface area contributed by atoms with Crippen LogP contribution in [0.25, 0.3) is 0 Å². The standard InChI is InChI=1S/C9H9ClF3N3O3/c10-3-4-15(5-9(11,12)13)8(17)6-1-2-7(14-6)16(18)19/h1-2,14H,3-5H2. The highest BCUT2D eigenvalue weighted by Gasteiger charge is 2.34. The van der Waals surface area contributed by atoms with Crippen LogP contribution in [0.2, 0.25) is 0 Å². The Balaban J connectivity index is 2.89. The maximum atomic E-state index is 12.3. The first kappa shape index (κ1) is 15.3. The quantitative estimate of drug-likeness (QED) is 0.514. The van der Waals surface area contributed by atoms with Gasteiger partial charge in [0.2, 0.25) is 0 Å². The van der Waals surface area contributed by atoms with Gasteiger partial charge in [0.1, 0.15) is 6.54 Å². The third-order valence-electron chi connectivity index (χ3n) is 2.11. The molecule has 1 aromatic rings. The molecule has 0 aliphatic carbocycles. The van der Waals surface area contributed by atoms with Crippen molar-refractivity contribution in [2.75, 3.05) is 19.0 Å². The van der Waals surface area contributed by atoms with Gasteiger partial charge in [0.15, 0.2) is 5.69 Å². The van der Waals surface area contributed by atoms with Crippen molar-refractivity contribution in [3.63, 3.8) is 0 Å². The van der Waals surface area contributed by atoms with Crippen LogP contribution in [0.1, 0.15) is 10.5 Å². The predicted octanol–water partition coefficient (Wildman–Crippen LogP) is 2.17. The number of hydrogen-bond donors (Lipinski definition) is 1. The summed E-state index contributed by atoms with van der Waals surface area (Å²) in [4.78, 5) is 24.0. The zero-order valence-electron chi connectivity index (χ0n) is 9.41. The van der Waals surface area contributed by atoms with Crippen LogP contribution in [0.4, 0.5) is 19.0 Å². The number of rotatable bonds is 5. The number of hydrogen-bond acceptors (Lipinski definition) is 3. The molecular formula is C9H9ClF3N3O3. The number of carbonyl (C=O) groups excluding carboxylic acids is 1. The lowest BCUT2D eigenvalue weighted by atomic mass is 10.3. The number of aromatic nitrogens is 1. The molecule has 0 fully saturated rings. The van der Waals surface area contributed by atoms with E-state index in [2.05, 4.69) is 4.98 Å². The average molecular weight is 300 g/mol. The van der Waals surface area contributed by atoms with E-state index in [-0.39, 0.29) is 18.1 Å². The van der Waals surface area contributed by atoms with Crippen molar-refractivity contribution >= 4 is 23.3 Å². The van der Waals surface area contributed by atoms with Gasteiger partial charge >= 0.3 is 12.0 Å². The molecule has 19 heavy (non-hydrogen) atoms. The van der Waals surface area contributed by atoms with Crippen molar-refractivity contribution in [3.05, 3.63) is 27.9 Å². The fraction of sp³-hybridized carbons (Fsp3) is 0.444. The summed E-state index contributed by atoms with van der Waals surface area (Å²) in [6.45, 7) is -1.78. The van der Waals surface area contributed by atoms with E-state index in [9.17, 15) is 28.1 Å². The van der Waals surface area contributed by atoms with Crippen LogP contribution in [0.3, 0.4) is 0 Å². The van der Waals surface area contributed by atoms with E-state index in [1.807, 2.05) is 0 Å². The number of aromatic amines is 1. The SMILES string of the molecule is O=C(c1ccc([N+](=O)[O-])[nH]1)N(CCCl)CC(F)(F)F. The molecule has 0 unspecified atom stereocenters. The summed E-state index contributed by atoms with van der Waals surface area (Å²) in [5.74, 6) is -1.64. The third kappa shape index (κ3) is 4.43. The van der Waals surface area contributed by atoms with E-state index < -0.39 is 29.4 Å². The van der Waals surface area contributed by atoms with Gasteiger partial charge in [-0.05, 0) is 11.0 Å². The fourth-order valence-electron chi connectivity index (χ4n) is 1.36. The van der Waals surface area contributed by atoms with E-state index in [1.54, 1.807) is 0 Å². The first-order chi connectivity index (χ1) is 8.74. The molecule has 0 radical (unpaired) electrons. The van der Waals surface area contributed by atoms with E-state index in [0.29, 0.717) is 4.90 Å². The summed E-state index contributed by atoms with van der Waals surface area (Å²) >= 11 is 5.33. The number of nitrogens with zero attached hydrogens (tertiary/aromatic N) is 2. The van der Waals surface area contributed by atoms with Crippen LogP contribution in [0.5, 0.6) is 0 Å². The van der Waals surface area contributed by atoms with Gasteiger partial charge < -0.3 is 15.0 Å². The van der Waals surface area contributed by atoms with Crippen LogP contribution in [0.15, 0.2) is 12.1 Å². The normalized spacial score (nSPS) is 11.4. The Morgan fingerprint density at radius 1 is 1.47 bits per heavy atom. The van der Waals surface area contributed by atoms with Crippen molar-refractivity contribution in [2.45, 2.75) is 6.18 Å². The van der Waals surface area contributed by atoms with E-state index in [1.165, 1.54) is 0 Å². The van der Waals surface area contributed by atoms with Crippen molar-refractivity contribution in [2.24, 2.45) is 0 Å². The van der Waals surface area contributed by atoms with Gasteiger partial charge in [-0.25, -0.2) is 4.98 Å². The minimum atomic E-state index is -4.57. The number of amides is 1. The first-order valence-corrected chi connectivity index (χ1v) is 5.53. The Morgan fingerprint density at radius 2 is 2.11 bits per heavy atom. The van der Waals surface area contributed by atoms with Gasteiger partial charge in [0.05, 0.1) is 0 Å². The van der Waals surface area contributed by atoms with Crippen molar-refractivity contribution < 1.29 is 22.9 Å². The Hall–Kier alpha value is -1.77. The Labute approximate surface area is 110 Å². The first-order valence-electron chi connectivity index (χ1n) is 5.00. The van der Waals surface area contributed by atoms with Crippen LogP contribution in [0, 0.1) is 10.1 Å². The molecule has 1 heterocycles. The molecule has 1 aromatic heterocycles. The fourth-order valence-corrected chi connectivity index (χ4v) is 1.56. The van der Waals surface area contributed by atoms with Gasteiger partial charge in [-0.15, -0.1) is 11.6 Å². The topological polar surface area (TPSA) is 79.2 Å². The zero-order valence-corrected chi connectivity index (χ0v) is 10.2. The number of alkyl halides is 4. The number of nitro groups is 1. The number of H-pyrrole nitrogens is 1. The molecule has 106 valence electrons. The molecule has 10 heteroatoms. The highest BCUT2D eigenvalue weighted by Crippen LogP contribution is 2.19. The van der Waals surface area contributed by atoms with E-state index in [0.717, 1.165) is 12.1 Å². The van der Waals surface area contributed by atoms with Crippen LogP contribution >= 0.6 is 11.6 Å². The largest absolute Gasteiger partial charge is 0.406 e. The minimum Gasteiger partial charge on any atom is -0.358 e. The molecule has 0 saturated carbocycles. The molecule has 0 aliphatic heterocycles. The number of carbonyl (C=O) groups is 1. The second kappa shape index (κ2) is 5.91. The molecule has 1 amide bonds. The van der Waals surface area contributed by atoms with Gasteiger partial charge in [-0.2, -0.15) is 13.2 Å². The smallest absolute Gasteiger partial charge is 0.358 e. The van der Waals surface area contributed by atoms with Crippen molar-refractivity contribution in [1.29, 1.82) is 0 Å². The third-order valence-corrected chi connectivity index (χ3v) is 2.28. The van der Waals surface area contributed by atoms with Crippen LogP contribution < -0.4 is 0 Å². The van der Waals surface area contributed by atoms with Gasteiger partial charge in [-0.3, -0.25) is 4.79 Å². The summed E-state index contributed by atoms with van der Waals surface area (Å²) in [7, 11) is 0. The molecular weight excluding hydrogens is 291 g/mol. The van der Waals surface area contributed by atoms with E-state index >= 15 is 0 Å². The lowest BCUT2D eigenvalue weighted by Crippen LogP contribution is -2.40. The monoisotopic (exact) mass is 299 g/mol. The summed E-state index contributed by atoms with van der Waals surface area (Å²) in [6.07, 6.45) is -4.57. The zero-order chi connectivity index (χ0) is 14.6. The van der Waals surface area contributed by atoms with Gasteiger partial charge in [0.25, 0.3) is 5.91 Å². The Morgan fingerprint density at radius 3 is 2.53 bits per heavy atom. The summed E-state index contributed by atoms with van der Waals surface area (Å²) in [5.41, 5.74) is -0.291. The molecule has 0 aliphatic rings. The maximum absolute atomic E-state index is 12.3. The highest BCUT2D eigenvalue weighted by molar-refractivity contribution is 6.18. The van der Waals surface area contributed by atoms with Crippen LogP contribution in [-0.4, -0.2) is 45.9 Å². The Bertz CT molecular complexity index is 475. The molecule has 0 spiro atoms. The van der Waals surface area contributed by atoms with E-state index in [4.69, 9.17) is 11.6 Å². The van der Waals surface area contributed by atoms with Crippen molar-refractivity contribution in [1.82, 2.24) is 9.88 Å². The Kier molecular flexibility index (Phi) is 4.76. The van der Waals surface area contributed by atoms with Crippen molar-refractivity contribution in [3.8, 4) is 0 Å². The highest BCUT2D eigenvalue weighted by atomic mass is 35.5. The lowest BCUT2D eigenvalue weighted by Gasteiger charge is -2.21. The summed E-state index contributed by atoms with van der Waals surface area (Å²) in [5, 5.41) is 10.4. The number of nitrogens with one attached hydrogen (secondary N) is 1. The second-order valence-corrected chi connectivity index (χ2v) is 3.92. The molecule has 6 nitrogen and oxygen atoms in total. The lowest BCUT2D eigenvalue weighted by molar-refractivity contribution is -0.389. The second-order valence-electron chi connectivity index (χ2n) is 3.55. The maximum Gasteiger partial charge on any atom is 0.406 e. The minimum absolute atomic E-state index is 0.176. The average Bonchev–Trinajstić information content (AvgIpc) is 2.75. The summed E-state index contributed by atoms with van der Waals surface area (Å²) in [6, 6.07) is 2.05. The molecule has 1 N–H and O–H groups in total. The van der Waals surface area contributed by atoms with Crippen LogP contribution in [-0.2, 0) is 0 Å². The summed E-state index contributed by atoms with van der Waals surface area (Å²) < 4.78 is 36.8. The molecule has 1 rings (SSSR count). The molecule has 0 atom stereocenters.